The van der Waals surface area contributed by atoms with Crippen LogP contribution in [0.3, 0.4) is 0 Å². The van der Waals surface area contributed by atoms with Crippen LogP contribution in [0.25, 0.3) is 0 Å². The number of likely N-dealkylation sites (tertiary alicyclic amines) is 1. The van der Waals surface area contributed by atoms with E-state index in [0.29, 0.717) is 0 Å². The van der Waals surface area contributed by atoms with Crippen LogP contribution in [0.2, 0.25) is 5.02 Å². The highest BCUT2D eigenvalue weighted by Crippen LogP contribution is 2.15. The maximum atomic E-state index is 5.91. The van der Waals surface area contributed by atoms with Crippen LogP contribution in [-0.2, 0) is 6.54 Å². The average Bonchev–Trinajstić information content (AvgIpc) is 2.57. The predicted octanol–water partition coefficient (Wildman–Crippen LogP) is 2.94. The van der Waals surface area contributed by atoms with E-state index < -0.39 is 0 Å². The molecule has 1 aromatic rings. The molecule has 13 heavy (non-hydrogen) atoms. The van der Waals surface area contributed by atoms with Crippen LogP contribution in [0.1, 0.15) is 18.4 Å². The Hall–Kier alpha value is -0.530. The summed E-state index contributed by atoms with van der Waals surface area (Å²) in [5.41, 5.74) is 1.33. The number of rotatable bonds is 2. The molecule has 0 aromatic heterocycles. The van der Waals surface area contributed by atoms with Crippen molar-refractivity contribution in [3.8, 4) is 0 Å². The Labute approximate surface area is 84.3 Å². The minimum absolute atomic E-state index is 0.844. The van der Waals surface area contributed by atoms with Gasteiger partial charge in [-0.15, -0.1) is 0 Å². The fourth-order valence-electron chi connectivity index (χ4n) is 1.83. The summed E-state index contributed by atoms with van der Waals surface area (Å²) >= 11 is 5.91. The number of benzene rings is 1. The van der Waals surface area contributed by atoms with Crippen molar-refractivity contribution in [3.05, 3.63) is 34.9 Å². The molecule has 0 bridgehead atoms. The maximum absolute atomic E-state index is 5.91. The second kappa shape index (κ2) is 4.12. The van der Waals surface area contributed by atoms with Crippen LogP contribution in [0.15, 0.2) is 24.3 Å². The molecule has 0 radical (unpaired) electrons. The van der Waals surface area contributed by atoms with Gasteiger partial charge in [-0.05, 0) is 43.6 Å². The van der Waals surface area contributed by atoms with E-state index in [1.165, 1.54) is 31.5 Å². The van der Waals surface area contributed by atoms with Crippen molar-refractivity contribution in [2.75, 3.05) is 13.1 Å². The van der Waals surface area contributed by atoms with E-state index in [-0.39, 0.29) is 0 Å². The molecule has 0 aliphatic carbocycles. The molecular formula is C11H14ClN. The van der Waals surface area contributed by atoms with Gasteiger partial charge in [0.2, 0.25) is 0 Å². The van der Waals surface area contributed by atoms with Crippen LogP contribution >= 0.6 is 11.6 Å². The van der Waals surface area contributed by atoms with E-state index in [2.05, 4.69) is 17.0 Å². The van der Waals surface area contributed by atoms with Gasteiger partial charge < -0.3 is 0 Å². The zero-order valence-electron chi connectivity index (χ0n) is 7.67. The summed E-state index contributed by atoms with van der Waals surface area (Å²) in [5.74, 6) is 0. The standard InChI is InChI=1S/C11H14ClN/c12-11-5-3-4-10(8-11)9-13-6-1-2-7-13/h3-5,8H,1-2,6-7,9H2. The van der Waals surface area contributed by atoms with Crippen molar-refractivity contribution in [2.45, 2.75) is 19.4 Å². The third-order valence-electron chi connectivity index (χ3n) is 2.49. The topological polar surface area (TPSA) is 3.24 Å². The first-order valence-electron chi connectivity index (χ1n) is 4.81. The zero-order chi connectivity index (χ0) is 9.10. The quantitative estimate of drug-likeness (QED) is 0.702. The molecule has 1 heterocycles. The van der Waals surface area contributed by atoms with Crippen LogP contribution in [0.5, 0.6) is 0 Å². The van der Waals surface area contributed by atoms with Gasteiger partial charge in [-0.1, -0.05) is 23.7 Å². The summed E-state index contributed by atoms with van der Waals surface area (Å²) in [4.78, 5) is 2.48. The second-order valence-electron chi connectivity index (χ2n) is 3.61. The van der Waals surface area contributed by atoms with E-state index in [4.69, 9.17) is 11.6 Å². The summed E-state index contributed by atoms with van der Waals surface area (Å²) < 4.78 is 0. The third-order valence-corrected chi connectivity index (χ3v) is 2.73. The highest BCUT2D eigenvalue weighted by molar-refractivity contribution is 6.30. The summed E-state index contributed by atoms with van der Waals surface area (Å²) in [6, 6.07) is 8.15. The fourth-order valence-corrected chi connectivity index (χ4v) is 2.05. The Morgan fingerprint density at radius 2 is 2.00 bits per heavy atom. The Bertz CT molecular complexity index is 279. The Morgan fingerprint density at radius 1 is 1.23 bits per heavy atom. The van der Waals surface area contributed by atoms with Gasteiger partial charge in [-0.3, -0.25) is 4.90 Å². The van der Waals surface area contributed by atoms with Gasteiger partial charge >= 0.3 is 0 Å². The van der Waals surface area contributed by atoms with E-state index in [1.807, 2.05) is 12.1 Å². The number of hydrogen-bond acceptors (Lipinski definition) is 1. The minimum Gasteiger partial charge on any atom is -0.299 e. The van der Waals surface area contributed by atoms with Gasteiger partial charge in [-0.2, -0.15) is 0 Å². The van der Waals surface area contributed by atoms with E-state index in [1.54, 1.807) is 0 Å². The van der Waals surface area contributed by atoms with Gasteiger partial charge in [0.1, 0.15) is 0 Å². The van der Waals surface area contributed by atoms with Crippen molar-refractivity contribution < 1.29 is 0 Å². The molecule has 0 saturated carbocycles. The lowest BCUT2D eigenvalue weighted by Crippen LogP contribution is -2.18. The molecule has 1 aliphatic heterocycles. The highest BCUT2D eigenvalue weighted by Gasteiger charge is 2.11. The molecule has 0 unspecified atom stereocenters. The van der Waals surface area contributed by atoms with Crippen molar-refractivity contribution >= 4 is 11.6 Å². The normalized spacial score (nSPS) is 17.9. The maximum Gasteiger partial charge on any atom is 0.0409 e. The summed E-state index contributed by atoms with van der Waals surface area (Å²) in [6.07, 6.45) is 2.70. The van der Waals surface area contributed by atoms with Gasteiger partial charge in [0.05, 0.1) is 0 Å². The molecule has 70 valence electrons. The van der Waals surface area contributed by atoms with Crippen molar-refractivity contribution in [1.29, 1.82) is 0 Å². The molecule has 2 rings (SSSR count). The average molecular weight is 196 g/mol. The zero-order valence-corrected chi connectivity index (χ0v) is 8.43. The molecule has 1 aliphatic rings. The molecule has 0 spiro atoms. The van der Waals surface area contributed by atoms with Crippen molar-refractivity contribution in [1.82, 2.24) is 4.90 Å². The second-order valence-corrected chi connectivity index (χ2v) is 4.05. The van der Waals surface area contributed by atoms with Crippen LogP contribution in [0.4, 0.5) is 0 Å². The molecule has 1 aromatic carbocycles. The SMILES string of the molecule is Clc1cccc(CN2CCCC2)c1. The lowest BCUT2D eigenvalue weighted by molar-refractivity contribution is 0.331. The van der Waals surface area contributed by atoms with Crippen LogP contribution < -0.4 is 0 Å². The lowest BCUT2D eigenvalue weighted by Gasteiger charge is -2.14. The predicted molar refractivity (Wildman–Crippen MR) is 56.0 cm³/mol. The molecule has 0 atom stereocenters. The minimum atomic E-state index is 0.844. The highest BCUT2D eigenvalue weighted by atomic mass is 35.5. The lowest BCUT2D eigenvalue weighted by atomic mass is 10.2. The van der Waals surface area contributed by atoms with Gasteiger partial charge in [0.25, 0.3) is 0 Å². The molecule has 1 nitrogen and oxygen atoms in total. The first-order valence-corrected chi connectivity index (χ1v) is 5.19. The van der Waals surface area contributed by atoms with E-state index in [9.17, 15) is 0 Å². The Kier molecular flexibility index (Phi) is 2.87. The first kappa shape index (κ1) is 9.04. The third kappa shape index (κ3) is 2.45. The molecule has 0 amide bonds. The Balaban J connectivity index is 2.00. The van der Waals surface area contributed by atoms with Crippen molar-refractivity contribution in [2.24, 2.45) is 0 Å². The summed E-state index contributed by atoms with van der Waals surface area (Å²) in [7, 11) is 0. The molecular weight excluding hydrogens is 182 g/mol. The largest absolute Gasteiger partial charge is 0.299 e. The van der Waals surface area contributed by atoms with Gasteiger partial charge in [0.15, 0.2) is 0 Å². The first-order chi connectivity index (χ1) is 6.34. The fraction of sp³-hybridized carbons (Fsp3) is 0.455. The smallest absolute Gasteiger partial charge is 0.0409 e. The molecule has 1 saturated heterocycles. The van der Waals surface area contributed by atoms with Gasteiger partial charge in [0, 0.05) is 11.6 Å². The monoisotopic (exact) mass is 195 g/mol. The number of hydrogen-bond donors (Lipinski definition) is 0. The van der Waals surface area contributed by atoms with Crippen molar-refractivity contribution in [3.63, 3.8) is 0 Å². The number of halogens is 1. The number of nitrogens with zero attached hydrogens (tertiary/aromatic N) is 1. The van der Waals surface area contributed by atoms with Crippen LogP contribution in [0, 0.1) is 0 Å². The van der Waals surface area contributed by atoms with E-state index in [0.717, 1.165) is 11.6 Å². The van der Waals surface area contributed by atoms with Crippen LogP contribution in [-0.4, -0.2) is 18.0 Å². The Morgan fingerprint density at radius 3 is 2.69 bits per heavy atom. The molecule has 2 heteroatoms. The van der Waals surface area contributed by atoms with E-state index >= 15 is 0 Å². The van der Waals surface area contributed by atoms with Gasteiger partial charge in [-0.25, -0.2) is 0 Å². The summed E-state index contributed by atoms with van der Waals surface area (Å²) in [6.45, 7) is 3.54. The summed E-state index contributed by atoms with van der Waals surface area (Å²) in [5, 5.41) is 0.844. The molecule has 1 fully saturated rings. The molecule has 0 N–H and O–H groups in total.